The first kappa shape index (κ1) is 15.7. The van der Waals surface area contributed by atoms with E-state index in [2.05, 4.69) is 43.5 Å². The van der Waals surface area contributed by atoms with Crippen LogP contribution in [0.2, 0.25) is 0 Å². The van der Waals surface area contributed by atoms with Crippen LogP contribution in [0.4, 0.5) is 0 Å². The quantitative estimate of drug-likeness (QED) is 0.868. The molecule has 0 fully saturated rings. The lowest BCUT2D eigenvalue weighted by atomic mass is 10.1. The van der Waals surface area contributed by atoms with Gasteiger partial charge < -0.3 is 9.84 Å². The molecule has 1 aromatic carbocycles. The SMILES string of the molecule is Cc1nc(CC(=O)NC(C)CCc2ccc(Br)cc2)no1. The molecule has 1 atom stereocenters. The molecule has 6 heteroatoms. The second kappa shape index (κ2) is 7.36. The van der Waals surface area contributed by atoms with Crippen LogP contribution in [0.1, 0.15) is 30.6 Å². The van der Waals surface area contributed by atoms with Crippen LogP contribution in [0.25, 0.3) is 0 Å². The third kappa shape index (κ3) is 5.30. The minimum Gasteiger partial charge on any atom is -0.353 e. The molecule has 0 aliphatic carbocycles. The van der Waals surface area contributed by atoms with E-state index >= 15 is 0 Å². The molecule has 5 nitrogen and oxygen atoms in total. The lowest BCUT2D eigenvalue weighted by molar-refractivity contribution is -0.121. The summed E-state index contributed by atoms with van der Waals surface area (Å²) in [5, 5.41) is 6.66. The zero-order chi connectivity index (χ0) is 15.2. The zero-order valence-corrected chi connectivity index (χ0v) is 13.7. The van der Waals surface area contributed by atoms with Gasteiger partial charge in [-0.15, -0.1) is 0 Å². The van der Waals surface area contributed by atoms with E-state index in [9.17, 15) is 4.79 Å². The van der Waals surface area contributed by atoms with Gasteiger partial charge in [-0.1, -0.05) is 33.2 Å². The van der Waals surface area contributed by atoms with Crippen molar-refractivity contribution in [1.29, 1.82) is 0 Å². The summed E-state index contributed by atoms with van der Waals surface area (Å²) in [5.74, 6) is 0.810. The molecule has 0 aliphatic heterocycles. The van der Waals surface area contributed by atoms with Crippen molar-refractivity contribution in [3.8, 4) is 0 Å². The first-order valence-electron chi connectivity index (χ1n) is 6.86. The van der Waals surface area contributed by atoms with Gasteiger partial charge in [-0.2, -0.15) is 4.98 Å². The van der Waals surface area contributed by atoms with Gasteiger partial charge in [0.2, 0.25) is 11.8 Å². The van der Waals surface area contributed by atoms with E-state index in [1.807, 2.05) is 19.1 Å². The minimum absolute atomic E-state index is 0.0842. The standard InChI is InChI=1S/C15H18BrN3O2/c1-10(3-4-12-5-7-13(16)8-6-12)17-15(20)9-14-18-11(2)21-19-14/h5-8,10H,3-4,9H2,1-2H3,(H,17,20). The Hall–Kier alpha value is -1.69. The van der Waals surface area contributed by atoms with Gasteiger partial charge in [0.25, 0.3) is 0 Å². The fraction of sp³-hybridized carbons (Fsp3) is 0.400. The highest BCUT2D eigenvalue weighted by atomic mass is 79.9. The summed E-state index contributed by atoms with van der Waals surface area (Å²) in [4.78, 5) is 15.9. The van der Waals surface area contributed by atoms with Crippen LogP contribution < -0.4 is 5.32 Å². The molecule has 1 N–H and O–H groups in total. The zero-order valence-electron chi connectivity index (χ0n) is 12.1. The van der Waals surface area contributed by atoms with Crippen molar-refractivity contribution >= 4 is 21.8 Å². The van der Waals surface area contributed by atoms with E-state index in [-0.39, 0.29) is 18.4 Å². The molecule has 0 radical (unpaired) electrons. The molecule has 1 aromatic heterocycles. The average molecular weight is 352 g/mol. The van der Waals surface area contributed by atoms with Crippen LogP contribution >= 0.6 is 15.9 Å². The highest BCUT2D eigenvalue weighted by Gasteiger charge is 2.11. The van der Waals surface area contributed by atoms with Gasteiger partial charge in [0.05, 0.1) is 6.42 Å². The summed E-state index contributed by atoms with van der Waals surface area (Å²) in [6.45, 7) is 3.70. The van der Waals surface area contributed by atoms with Crippen molar-refractivity contribution in [3.05, 3.63) is 46.0 Å². The number of hydrogen-bond acceptors (Lipinski definition) is 4. The molecule has 21 heavy (non-hydrogen) atoms. The van der Waals surface area contributed by atoms with Crippen molar-refractivity contribution in [1.82, 2.24) is 15.5 Å². The van der Waals surface area contributed by atoms with E-state index in [1.54, 1.807) is 6.92 Å². The van der Waals surface area contributed by atoms with Crippen LogP contribution in [0, 0.1) is 6.92 Å². The fourth-order valence-electron chi connectivity index (χ4n) is 1.99. The third-order valence-electron chi connectivity index (χ3n) is 3.07. The smallest absolute Gasteiger partial charge is 0.228 e. The highest BCUT2D eigenvalue weighted by molar-refractivity contribution is 9.10. The molecule has 1 unspecified atom stereocenters. The molecule has 2 rings (SSSR count). The van der Waals surface area contributed by atoms with Gasteiger partial charge in [-0.3, -0.25) is 4.79 Å². The van der Waals surface area contributed by atoms with Crippen LogP contribution in [0.15, 0.2) is 33.3 Å². The van der Waals surface area contributed by atoms with Crippen molar-refractivity contribution in [2.45, 2.75) is 39.2 Å². The second-order valence-electron chi connectivity index (χ2n) is 5.04. The third-order valence-corrected chi connectivity index (χ3v) is 3.60. The molecule has 2 aromatic rings. The number of hydrogen-bond donors (Lipinski definition) is 1. The average Bonchev–Trinajstić information content (AvgIpc) is 2.83. The highest BCUT2D eigenvalue weighted by Crippen LogP contribution is 2.12. The number of amides is 1. The maximum absolute atomic E-state index is 11.8. The largest absolute Gasteiger partial charge is 0.353 e. The van der Waals surface area contributed by atoms with Gasteiger partial charge in [0.1, 0.15) is 0 Å². The predicted octanol–water partition coefficient (Wildman–Crippen LogP) is 2.82. The lowest BCUT2D eigenvalue weighted by Crippen LogP contribution is -2.34. The molecule has 1 amide bonds. The summed E-state index contributed by atoms with van der Waals surface area (Å²) in [5.41, 5.74) is 1.26. The fourth-order valence-corrected chi connectivity index (χ4v) is 2.25. The first-order valence-corrected chi connectivity index (χ1v) is 7.65. The Morgan fingerprint density at radius 2 is 2.10 bits per heavy atom. The van der Waals surface area contributed by atoms with Crippen LogP contribution in [0.3, 0.4) is 0 Å². The Labute approximate surface area is 132 Å². The number of aromatic nitrogens is 2. The topological polar surface area (TPSA) is 68.0 Å². The lowest BCUT2D eigenvalue weighted by Gasteiger charge is -2.13. The van der Waals surface area contributed by atoms with Gasteiger partial charge in [0.15, 0.2) is 5.82 Å². The van der Waals surface area contributed by atoms with E-state index in [1.165, 1.54) is 5.56 Å². The Morgan fingerprint density at radius 1 is 1.38 bits per heavy atom. The summed E-state index contributed by atoms with van der Waals surface area (Å²) in [7, 11) is 0. The van der Waals surface area contributed by atoms with E-state index in [4.69, 9.17) is 4.52 Å². The molecule has 0 aliphatic rings. The van der Waals surface area contributed by atoms with Crippen molar-refractivity contribution in [3.63, 3.8) is 0 Å². The number of rotatable bonds is 6. The Morgan fingerprint density at radius 3 is 2.71 bits per heavy atom. The van der Waals surface area contributed by atoms with Crippen molar-refractivity contribution in [2.24, 2.45) is 0 Å². The number of halogens is 1. The summed E-state index contributed by atoms with van der Waals surface area (Å²) >= 11 is 3.41. The molecule has 112 valence electrons. The summed E-state index contributed by atoms with van der Waals surface area (Å²) in [6, 6.07) is 8.32. The maximum atomic E-state index is 11.8. The summed E-state index contributed by atoms with van der Waals surface area (Å²) < 4.78 is 5.91. The van der Waals surface area contributed by atoms with Gasteiger partial charge in [-0.05, 0) is 37.5 Å². The van der Waals surface area contributed by atoms with Crippen molar-refractivity contribution in [2.75, 3.05) is 0 Å². The molecular weight excluding hydrogens is 334 g/mol. The second-order valence-corrected chi connectivity index (χ2v) is 5.96. The molecule has 0 saturated carbocycles. The monoisotopic (exact) mass is 351 g/mol. The molecular formula is C15H18BrN3O2. The molecule has 0 saturated heterocycles. The van der Waals surface area contributed by atoms with Crippen molar-refractivity contribution < 1.29 is 9.32 Å². The molecule has 0 spiro atoms. The van der Waals surface area contributed by atoms with Crippen LogP contribution in [-0.4, -0.2) is 22.1 Å². The number of nitrogens with one attached hydrogen (secondary N) is 1. The van der Waals surface area contributed by atoms with Gasteiger partial charge >= 0.3 is 0 Å². The van der Waals surface area contributed by atoms with Gasteiger partial charge in [0, 0.05) is 17.4 Å². The van der Waals surface area contributed by atoms with E-state index < -0.39 is 0 Å². The Kier molecular flexibility index (Phi) is 5.50. The minimum atomic E-state index is -0.0842. The summed E-state index contributed by atoms with van der Waals surface area (Å²) in [6.07, 6.45) is 1.97. The number of carbonyl (C=O) groups excluding carboxylic acids is 1. The number of benzene rings is 1. The predicted molar refractivity (Wildman–Crippen MR) is 82.8 cm³/mol. The van der Waals surface area contributed by atoms with E-state index in [0.717, 1.165) is 17.3 Å². The van der Waals surface area contributed by atoms with Gasteiger partial charge in [-0.25, -0.2) is 0 Å². The van der Waals surface area contributed by atoms with E-state index in [0.29, 0.717) is 11.7 Å². The van der Waals surface area contributed by atoms with Crippen LogP contribution in [0.5, 0.6) is 0 Å². The number of aryl methyl sites for hydroxylation is 2. The molecule has 0 bridgehead atoms. The Balaban J connectivity index is 1.74. The maximum Gasteiger partial charge on any atom is 0.228 e. The normalized spacial score (nSPS) is 12.1. The number of carbonyl (C=O) groups is 1. The first-order chi connectivity index (χ1) is 10.0. The number of nitrogens with zero attached hydrogens (tertiary/aromatic N) is 2. The Bertz CT molecular complexity index is 595. The van der Waals surface area contributed by atoms with Crippen LogP contribution in [-0.2, 0) is 17.6 Å². The molecule has 1 heterocycles.